The van der Waals surface area contributed by atoms with Crippen LogP contribution in [0.25, 0.3) is 0 Å². The van der Waals surface area contributed by atoms with E-state index in [1.165, 1.54) is 0 Å². The lowest BCUT2D eigenvalue weighted by Gasteiger charge is -2.39. The monoisotopic (exact) mass is 357 g/mol. The Balaban J connectivity index is 2.43. The van der Waals surface area contributed by atoms with Crippen LogP contribution in [0, 0.1) is 5.92 Å². The minimum Gasteiger partial charge on any atom is -0.481 e. The van der Waals surface area contributed by atoms with Crippen molar-refractivity contribution in [1.82, 2.24) is 15.1 Å². The van der Waals surface area contributed by atoms with Crippen LogP contribution in [0.3, 0.4) is 0 Å². The molecule has 0 aliphatic carbocycles. The maximum atomic E-state index is 10.9. The molecule has 0 amide bonds. The van der Waals surface area contributed by atoms with Crippen molar-refractivity contribution >= 4 is 11.9 Å². The Hall–Kier alpha value is -1.18. The maximum absolute atomic E-state index is 10.9. The molecule has 25 heavy (non-hydrogen) atoms. The maximum Gasteiger partial charge on any atom is 0.303 e. The lowest BCUT2D eigenvalue weighted by Crippen LogP contribution is -2.50. The van der Waals surface area contributed by atoms with E-state index in [2.05, 4.69) is 29.1 Å². The summed E-state index contributed by atoms with van der Waals surface area (Å²) in [4.78, 5) is 26.2. The van der Waals surface area contributed by atoms with Gasteiger partial charge in [-0.1, -0.05) is 6.92 Å². The Morgan fingerprint density at radius 2 is 1.92 bits per heavy atom. The first-order chi connectivity index (χ1) is 11.9. The summed E-state index contributed by atoms with van der Waals surface area (Å²) in [6.07, 6.45) is 3.86. The van der Waals surface area contributed by atoms with E-state index in [9.17, 15) is 9.59 Å². The number of piperidine rings is 1. The molecule has 0 aromatic carbocycles. The highest BCUT2D eigenvalue weighted by molar-refractivity contribution is 5.66. The molecule has 1 aliphatic heterocycles. The standard InChI is InChI=1S/C18H35N3O4/c1-3-10-20(2)13-9-19-16-8-12-21(11-4-5-17(22)23)14-15(16)6-7-18(24)25/h15-16,19H,3-14H2,1-2H3,(H,22,23)(H,24,25). The predicted octanol–water partition coefficient (Wildman–Crippen LogP) is 1.34. The van der Waals surface area contributed by atoms with Crippen molar-refractivity contribution in [2.24, 2.45) is 5.92 Å². The van der Waals surface area contributed by atoms with Crippen LogP contribution < -0.4 is 5.32 Å². The molecule has 0 bridgehead atoms. The fourth-order valence-electron chi connectivity index (χ4n) is 3.57. The molecule has 146 valence electrons. The van der Waals surface area contributed by atoms with Gasteiger partial charge in [-0.2, -0.15) is 0 Å². The van der Waals surface area contributed by atoms with Crippen LogP contribution in [0.5, 0.6) is 0 Å². The normalized spacial score (nSPS) is 21.6. The largest absolute Gasteiger partial charge is 0.481 e. The fourth-order valence-corrected chi connectivity index (χ4v) is 3.57. The highest BCUT2D eigenvalue weighted by Gasteiger charge is 2.29. The van der Waals surface area contributed by atoms with Crippen LogP contribution in [-0.2, 0) is 9.59 Å². The Bertz CT molecular complexity index is 406. The first-order valence-electron chi connectivity index (χ1n) is 9.50. The molecular formula is C18H35N3O4. The zero-order valence-corrected chi connectivity index (χ0v) is 15.7. The number of rotatable bonds is 13. The molecule has 1 fully saturated rings. The average molecular weight is 357 g/mol. The molecule has 0 aromatic rings. The number of nitrogens with zero attached hydrogens (tertiary/aromatic N) is 2. The number of likely N-dealkylation sites (tertiary alicyclic amines) is 1. The Labute approximate surface area is 151 Å². The van der Waals surface area contributed by atoms with Gasteiger partial charge in [-0.25, -0.2) is 0 Å². The third-order valence-corrected chi connectivity index (χ3v) is 4.92. The van der Waals surface area contributed by atoms with Gasteiger partial charge in [-0.05, 0) is 58.3 Å². The Morgan fingerprint density at radius 3 is 2.56 bits per heavy atom. The number of hydrogen-bond acceptors (Lipinski definition) is 5. The van der Waals surface area contributed by atoms with E-state index >= 15 is 0 Å². The molecule has 1 saturated heterocycles. The number of carbonyl (C=O) groups is 2. The van der Waals surface area contributed by atoms with E-state index < -0.39 is 11.9 Å². The van der Waals surface area contributed by atoms with Gasteiger partial charge in [-0.15, -0.1) is 0 Å². The summed E-state index contributed by atoms with van der Waals surface area (Å²) in [6.45, 7) is 7.77. The summed E-state index contributed by atoms with van der Waals surface area (Å²) in [5, 5.41) is 21.4. The number of hydrogen-bond donors (Lipinski definition) is 3. The van der Waals surface area contributed by atoms with Crippen LogP contribution in [0.2, 0.25) is 0 Å². The van der Waals surface area contributed by atoms with Crippen molar-refractivity contribution in [2.75, 3.05) is 46.3 Å². The van der Waals surface area contributed by atoms with Crippen molar-refractivity contribution in [3.8, 4) is 0 Å². The quantitative estimate of drug-likeness (QED) is 0.458. The fraction of sp³-hybridized carbons (Fsp3) is 0.889. The lowest BCUT2D eigenvalue weighted by molar-refractivity contribution is -0.138. The highest BCUT2D eigenvalue weighted by atomic mass is 16.4. The van der Waals surface area contributed by atoms with E-state index in [0.29, 0.717) is 24.8 Å². The Kier molecular flexibility index (Phi) is 10.7. The van der Waals surface area contributed by atoms with Crippen molar-refractivity contribution in [1.29, 1.82) is 0 Å². The van der Waals surface area contributed by atoms with Gasteiger partial charge in [0, 0.05) is 38.5 Å². The van der Waals surface area contributed by atoms with Crippen molar-refractivity contribution in [3.05, 3.63) is 0 Å². The average Bonchev–Trinajstić information content (AvgIpc) is 2.54. The molecule has 1 rings (SSSR count). The first kappa shape index (κ1) is 21.9. The summed E-state index contributed by atoms with van der Waals surface area (Å²) >= 11 is 0. The second kappa shape index (κ2) is 12.2. The third kappa shape index (κ3) is 9.77. The van der Waals surface area contributed by atoms with Gasteiger partial charge in [0.1, 0.15) is 0 Å². The molecule has 2 atom stereocenters. The van der Waals surface area contributed by atoms with Crippen molar-refractivity contribution in [3.63, 3.8) is 0 Å². The summed E-state index contributed by atoms with van der Waals surface area (Å²) in [5.74, 6) is -1.19. The van der Waals surface area contributed by atoms with Crippen LogP contribution in [0.1, 0.15) is 45.4 Å². The van der Waals surface area contributed by atoms with Gasteiger partial charge in [0.25, 0.3) is 0 Å². The predicted molar refractivity (Wildman–Crippen MR) is 97.9 cm³/mol. The van der Waals surface area contributed by atoms with E-state index in [0.717, 1.165) is 52.1 Å². The van der Waals surface area contributed by atoms with Crippen LogP contribution in [0.4, 0.5) is 0 Å². The second-order valence-corrected chi connectivity index (χ2v) is 7.14. The lowest BCUT2D eigenvalue weighted by atomic mass is 9.88. The molecule has 3 N–H and O–H groups in total. The molecule has 1 aliphatic rings. The molecule has 0 saturated carbocycles. The van der Waals surface area contributed by atoms with Gasteiger partial charge in [0.05, 0.1) is 0 Å². The van der Waals surface area contributed by atoms with Crippen LogP contribution in [0.15, 0.2) is 0 Å². The molecule has 1 heterocycles. The number of nitrogens with one attached hydrogen (secondary N) is 1. The second-order valence-electron chi connectivity index (χ2n) is 7.14. The number of likely N-dealkylation sites (N-methyl/N-ethyl adjacent to an activating group) is 1. The van der Waals surface area contributed by atoms with Crippen molar-refractivity contribution in [2.45, 2.75) is 51.5 Å². The zero-order chi connectivity index (χ0) is 18.7. The van der Waals surface area contributed by atoms with E-state index in [1.807, 2.05) is 0 Å². The third-order valence-electron chi connectivity index (χ3n) is 4.92. The summed E-state index contributed by atoms with van der Waals surface area (Å²) in [7, 11) is 2.12. The van der Waals surface area contributed by atoms with E-state index in [1.54, 1.807) is 0 Å². The topological polar surface area (TPSA) is 93.1 Å². The van der Waals surface area contributed by atoms with Gasteiger partial charge in [0.15, 0.2) is 0 Å². The first-order valence-corrected chi connectivity index (χ1v) is 9.50. The number of aliphatic carboxylic acids is 2. The molecule has 2 unspecified atom stereocenters. The molecule has 7 nitrogen and oxygen atoms in total. The SMILES string of the molecule is CCCN(C)CCNC1CCN(CCCC(=O)O)CC1CCC(=O)O. The summed E-state index contributed by atoms with van der Waals surface area (Å²) in [6, 6.07) is 0.352. The van der Waals surface area contributed by atoms with Gasteiger partial charge in [-0.3, -0.25) is 9.59 Å². The van der Waals surface area contributed by atoms with Gasteiger partial charge >= 0.3 is 11.9 Å². The molecular weight excluding hydrogens is 322 g/mol. The highest BCUT2D eigenvalue weighted by Crippen LogP contribution is 2.22. The minimum absolute atomic E-state index is 0.196. The van der Waals surface area contributed by atoms with E-state index in [4.69, 9.17) is 10.2 Å². The molecule has 7 heteroatoms. The van der Waals surface area contributed by atoms with Crippen molar-refractivity contribution < 1.29 is 19.8 Å². The van der Waals surface area contributed by atoms with Gasteiger partial charge in [0.2, 0.25) is 0 Å². The molecule has 0 aromatic heterocycles. The molecule has 0 radical (unpaired) electrons. The van der Waals surface area contributed by atoms with Crippen LogP contribution >= 0.6 is 0 Å². The summed E-state index contributed by atoms with van der Waals surface area (Å²) < 4.78 is 0. The zero-order valence-electron chi connectivity index (χ0n) is 15.7. The molecule has 0 spiro atoms. The summed E-state index contributed by atoms with van der Waals surface area (Å²) in [5.41, 5.74) is 0. The van der Waals surface area contributed by atoms with E-state index in [-0.39, 0.29) is 12.8 Å². The number of carboxylic acids is 2. The Morgan fingerprint density at radius 1 is 1.20 bits per heavy atom. The smallest absolute Gasteiger partial charge is 0.303 e. The van der Waals surface area contributed by atoms with Crippen LogP contribution in [-0.4, -0.2) is 84.3 Å². The van der Waals surface area contributed by atoms with Gasteiger partial charge < -0.3 is 25.3 Å². The minimum atomic E-state index is -0.754. The number of carboxylic acid groups (broad SMARTS) is 2.